The van der Waals surface area contributed by atoms with Crippen LogP contribution in [-0.2, 0) is 9.53 Å². The molecule has 0 radical (unpaired) electrons. The van der Waals surface area contributed by atoms with E-state index in [9.17, 15) is 4.79 Å². The van der Waals surface area contributed by atoms with Crippen LogP contribution in [0.3, 0.4) is 0 Å². The Labute approximate surface area is 107 Å². The second kappa shape index (κ2) is 6.64. The van der Waals surface area contributed by atoms with E-state index in [0.29, 0.717) is 12.4 Å². The molecule has 1 unspecified atom stereocenters. The molecule has 0 fully saturated rings. The lowest BCUT2D eigenvalue weighted by Gasteiger charge is -2.10. The number of carbonyl (C=O) groups is 1. The molecule has 0 N–H and O–H groups in total. The highest BCUT2D eigenvalue weighted by molar-refractivity contribution is 7.99. The second-order valence-electron chi connectivity index (χ2n) is 4.09. The number of pyridine rings is 1. The average Bonchev–Trinajstić information content (AvgIpc) is 2.25. The Balaban J connectivity index is 2.52. The molecule has 1 atom stereocenters. The number of esters is 1. The Kier molecular flexibility index (Phi) is 5.48. The lowest BCUT2D eigenvalue weighted by Crippen LogP contribution is -2.16. The third-order valence-corrected chi connectivity index (χ3v) is 3.42. The third kappa shape index (κ3) is 4.77. The zero-order valence-corrected chi connectivity index (χ0v) is 11.6. The van der Waals surface area contributed by atoms with E-state index in [1.807, 2.05) is 39.8 Å². The molecule has 0 aliphatic carbocycles. The minimum absolute atomic E-state index is 0.0948. The number of thioether (sulfide) groups is 1. The van der Waals surface area contributed by atoms with Crippen molar-refractivity contribution >= 4 is 17.7 Å². The van der Waals surface area contributed by atoms with Crippen LogP contribution >= 0.6 is 11.8 Å². The first kappa shape index (κ1) is 14.0. The fourth-order valence-corrected chi connectivity index (χ4v) is 2.48. The summed E-state index contributed by atoms with van der Waals surface area (Å²) in [7, 11) is 0. The van der Waals surface area contributed by atoms with Crippen molar-refractivity contribution in [3.8, 4) is 0 Å². The van der Waals surface area contributed by atoms with Crippen LogP contribution in [0.2, 0.25) is 0 Å². The molecule has 3 nitrogen and oxygen atoms in total. The monoisotopic (exact) mass is 253 g/mol. The minimum atomic E-state index is -0.135. The van der Waals surface area contributed by atoms with Gasteiger partial charge in [0, 0.05) is 11.4 Å². The van der Waals surface area contributed by atoms with Crippen LogP contribution in [0.25, 0.3) is 0 Å². The van der Waals surface area contributed by atoms with Gasteiger partial charge in [-0.25, -0.2) is 4.98 Å². The first-order valence-corrected chi connectivity index (χ1v) is 6.76. The summed E-state index contributed by atoms with van der Waals surface area (Å²) < 4.78 is 4.97. The Bertz CT molecular complexity index is 373. The Morgan fingerprint density at radius 1 is 1.47 bits per heavy atom. The molecule has 1 aromatic heterocycles. The molecule has 94 valence electrons. The van der Waals surface area contributed by atoms with E-state index in [4.69, 9.17) is 4.74 Å². The number of carbonyl (C=O) groups excluding carboxylic acids is 1. The molecule has 0 aliphatic rings. The van der Waals surface area contributed by atoms with Crippen molar-refractivity contribution in [2.45, 2.75) is 32.7 Å². The lowest BCUT2D eigenvalue weighted by molar-refractivity contribution is -0.146. The number of nitrogens with zero attached hydrogens (tertiary/aromatic N) is 1. The van der Waals surface area contributed by atoms with E-state index < -0.39 is 0 Å². The van der Waals surface area contributed by atoms with Crippen molar-refractivity contribution in [3.05, 3.63) is 23.4 Å². The van der Waals surface area contributed by atoms with Crippen LogP contribution in [0.1, 0.15) is 25.1 Å². The summed E-state index contributed by atoms with van der Waals surface area (Å²) in [5, 5.41) is 0.971. The highest BCUT2D eigenvalue weighted by Crippen LogP contribution is 2.20. The van der Waals surface area contributed by atoms with Gasteiger partial charge < -0.3 is 4.74 Å². The summed E-state index contributed by atoms with van der Waals surface area (Å²) in [4.78, 5) is 15.9. The number of hydrogen-bond acceptors (Lipinski definition) is 4. The minimum Gasteiger partial charge on any atom is -0.466 e. The van der Waals surface area contributed by atoms with E-state index in [2.05, 4.69) is 4.98 Å². The van der Waals surface area contributed by atoms with E-state index in [1.54, 1.807) is 11.8 Å². The predicted octanol–water partition coefficient (Wildman–Crippen LogP) is 2.99. The van der Waals surface area contributed by atoms with Crippen LogP contribution in [-0.4, -0.2) is 23.3 Å². The van der Waals surface area contributed by atoms with Gasteiger partial charge in [0.2, 0.25) is 0 Å². The summed E-state index contributed by atoms with van der Waals surface area (Å²) >= 11 is 1.60. The molecule has 0 aliphatic heterocycles. The SMILES string of the molecule is CCOC(=O)C(C)CSc1cc(C)cc(C)n1. The van der Waals surface area contributed by atoms with Gasteiger partial charge in [-0.2, -0.15) is 0 Å². The largest absolute Gasteiger partial charge is 0.466 e. The van der Waals surface area contributed by atoms with Crippen molar-refractivity contribution in [1.29, 1.82) is 0 Å². The highest BCUT2D eigenvalue weighted by Gasteiger charge is 2.14. The Morgan fingerprint density at radius 3 is 2.76 bits per heavy atom. The van der Waals surface area contributed by atoms with Crippen molar-refractivity contribution in [2.24, 2.45) is 5.92 Å². The maximum Gasteiger partial charge on any atom is 0.309 e. The first-order valence-electron chi connectivity index (χ1n) is 5.77. The second-order valence-corrected chi connectivity index (χ2v) is 5.13. The van der Waals surface area contributed by atoms with Crippen LogP contribution < -0.4 is 0 Å². The zero-order valence-electron chi connectivity index (χ0n) is 10.8. The maximum atomic E-state index is 11.4. The highest BCUT2D eigenvalue weighted by atomic mass is 32.2. The molecule has 1 heterocycles. The van der Waals surface area contributed by atoms with Gasteiger partial charge in [0.05, 0.1) is 17.6 Å². The molecule has 0 amide bonds. The van der Waals surface area contributed by atoms with E-state index in [1.165, 1.54) is 5.56 Å². The average molecular weight is 253 g/mol. The van der Waals surface area contributed by atoms with Crippen LogP contribution in [0.5, 0.6) is 0 Å². The molecular formula is C13H19NO2S. The van der Waals surface area contributed by atoms with Crippen molar-refractivity contribution < 1.29 is 9.53 Å². The van der Waals surface area contributed by atoms with Gasteiger partial charge in [0.1, 0.15) is 0 Å². The van der Waals surface area contributed by atoms with Gasteiger partial charge in [-0.05, 0) is 38.5 Å². The number of aryl methyl sites for hydroxylation is 2. The van der Waals surface area contributed by atoms with Crippen molar-refractivity contribution in [3.63, 3.8) is 0 Å². The van der Waals surface area contributed by atoms with Gasteiger partial charge in [-0.3, -0.25) is 4.79 Å². The summed E-state index contributed by atoms with van der Waals surface area (Å²) in [6.07, 6.45) is 0. The zero-order chi connectivity index (χ0) is 12.8. The number of aromatic nitrogens is 1. The van der Waals surface area contributed by atoms with Crippen LogP contribution in [0, 0.1) is 19.8 Å². The third-order valence-electron chi connectivity index (χ3n) is 2.24. The summed E-state index contributed by atoms with van der Waals surface area (Å²) in [6.45, 7) is 8.17. The lowest BCUT2D eigenvalue weighted by atomic mass is 10.2. The molecular weight excluding hydrogens is 234 g/mol. The Hall–Kier alpha value is -1.03. The fraction of sp³-hybridized carbons (Fsp3) is 0.538. The predicted molar refractivity (Wildman–Crippen MR) is 70.2 cm³/mol. The van der Waals surface area contributed by atoms with Gasteiger partial charge in [0.25, 0.3) is 0 Å². The fourth-order valence-electron chi connectivity index (χ4n) is 1.44. The first-order chi connectivity index (χ1) is 8.02. The number of rotatable bonds is 5. The van der Waals surface area contributed by atoms with Crippen molar-refractivity contribution in [2.75, 3.05) is 12.4 Å². The molecule has 4 heteroatoms. The van der Waals surface area contributed by atoms with E-state index >= 15 is 0 Å². The van der Waals surface area contributed by atoms with E-state index in [-0.39, 0.29) is 11.9 Å². The van der Waals surface area contributed by atoms with Crippen LogP contribution in [0.4, 0.5) is 0 Å². The molecule has 0 saturated heterocycles. The normalized spacial score (nSPS) is 12.2. The molecule has 0 bridgehead atoms. The maximum absolute atomic E-state index is 11.4. The van der Waals surface area contributed by atoms with E-state index in [0.717, 1.165) is 10.7 Å². The topological polar surface area (TPSA) is 39.2 Å². The Morgan fingerprint density at radius 2 is 2.18 bits per heavy atom. The van der Waals surface area contributed by atoms with Gasteiger partial charge in [0.15, 0.2) is 0 Å². The standard InChI is InChI=1S/C13H19NO2S/c1-5-16-13(15)10(3)8-17-12-7-9(2)6-11(4)14-12/h6-7,10H,5,8H2,1-4H3. The number of hydrogen-bond donors (Lipinski definition) is 0. The molecule has 0 spiro atoms. The molecule has 0 aromatic carbocycles. The molecule has 1 aromatic rings. The number of ether oxygens (including phenoxy) is 1. The summed E-state index contributed by atoms with van der Waals surface area (Å²) in [5.74, 6) is 0.473. The van der Waals surface area contributed by atoms with Crippen molar-refractivity contribution in [1.82, 2.24) is 4.98 Å². The van der Waals surface area contributed by atoms with Gasteiger partial charge in [-0.1, -0.05) is 6.92 Å². The summed E-state index contributed by atoms with van der Waals surface area (Å²) in [5.41, 5.74) is 2.21. The molecule has 0 saturated carbocycles. The van der Waals surface area contributed by atoms with Crippen LogP contribution in [0.15, 0.2) is 17.2 Å². The van der Waals surface area contributed by atoms with Gasteiger partial charge >= 0.3 is 5.97 Å². The molecule has 1 rings (SSSR count). The van der Waals surface area contributed by atoms with Gasteiger partial charge in [-0.15, -0.1) is 11.8 Å². The quantitative estimate of drug-likeness (QED) is 0.597. The smallest absolute Gasteiger partial charge is 0.309 e. The summed E-state index contributed by atoms with van der Waals surface area (Å²) in [6, 6.07) is 4.08. The molecule has 17 heavy (non-hydrogen) atoms.